The molecule has 0 atom stereocenters. The van der Waals surface area contributed by atoms with Crippen molar-refractivity contribution in [1.82, 2.24) is 9.88 Å². The number of benzene rings is 2. The fourth-order valence-electron chi connectivity index (χ4n) is 5.00. The molecule has 172 valence electrons. The first-order chi connectivity index (χ1) is 16.5. The van der Waals surface area contributed by atoms with Crippen LogP contribution in [0, 0.1) is 11.6 Å². The van der Waals surface area contributed by atoms with E-state index < -0.39 is 22.6 Å². The molecule has 7 heteroatoms. The van der Waals surface area contributed by atoms with Gasteiger partial charge < -0.3 is 9.73 Å². The highest BCUT2D eigenvalue weighted by atomic mass is 19.2. The van der Waals surface area contributed by atoms with Crippen molar-refractivity contribution < 1.29 is 13.2 Å². The Morgan fingerprint density at radius 2 is 1.88 bits per heavy atom. The highest BCUT2D eigenvalue weighted by molar-refractivity contribution is 5.95. The SMILES string of the molecule is O=c1c2cccc(C3=CCNCC3)c2oc2cc(C3CCC3)n(-c3cccc(F)c3F)c(=O)c12. The number of nitrogens with zero attached hydrogens (tertiary/aromatic N) is 1. The van der Waals surface area contributed by atoms with Crippen LogP contribution < -0.4 is 16.3 Å². The monoisotopic (exact) mass is 460 g/mol. The molecule has 1 fully saturated rings. The van der Waals surface area contributed by atoms with Crippen LogP contribution in [0.4, 0.5) is 8.78 Å². The van der Waals surface area contributed by atoms with Gasteiger partial charge in [0.2, 0.25) is 5.43 Å². The van der Waals surface area contributed by atoms with E-state index in [1.165, 1.54) is 12.1 Å². The summed E-state index contributed by atoms with van der Waals surface area (Å²) in [5, 5.41) is 3.41. The van der Waals surface area contributed by atoms with Crippen molar-refractivity contribution in [2.75, 3.05) is 13.1 Å². The van der Waals surface area contributed by atoms with E-state index in [9.17, 15) is 18.4 Å². The van der Waals surface area contributed by atoms with Gasteiger partial charge in [-0.25, -0.2) is 8.78 Å². The van der Waals surface area contributed by atoms with Gasteiger partial charge in [-0.2, -0.15) is 0 Å². The largest absolute Gasteiger partial charge is 0.455 e. The number of nitrogens with one attached hydrogen (secondary N) is 1. The van der Waals surface area contributed by atoms with Crippen LogP contribution in [0.15, 0.2) is 62.5 Å². The summed E-state index contributed by atoms with van der Waals surface area (Å²) in [6.07, 6.45) is 5.51. The van der Waals surface area contributed by atoms with Gasteiger partial charge in [0.05, 0.1) is 11.1 Å². The minimum absolute atomic E-state index is 0.00290. The van der Waals surface area contributed by atoms with E-state index in [0.29, 0.717) is 16.7 Å². The second-order valence-corrected chi connectivity index (χ2v) is 8.95. The first-order valence-electron chi connectivity index (χ1n) is 11.5. The molecule has 2 aliphatic rings. The van der Waals surface area contributed by atoms with Crippen LogP contribution in [0.1, 0.15) is 42.9 Å². The molecule has 1 N–H and O–H groups in total. The van der Waals surface area contributed by atoms with Gasteiger partial charge in [-0.3, -0.25) is 14.2 Å². The molecule has 0 amide bonds. The lowest BCUT2D eigenvalue weighted by Gasteiger charge is -2.28. The van der Waals surface area contributed by atoms with Gasteiger partial charge in [0.25, 0.3) is 5.56 Å². The Hall–Kier alpha value is -3.58. The van der Waals surface area contributed by atoms with Gasteiger partial charge in [-0.15, -0.1) is 0 Å². The van der Waals surface area contributed by atoms with Crippen LogP contribution in [0.2, 0.25) is 0 Å². The van der Waals surface area contributed by atoms with Gasteiger partial charge in [-0.1, -0.05) is 30.7 Å². The van der Waals surface area contributed by atoms with E-state index in [4.69, 9.17) is 4.42 Å². The van der Waals surface area contributed by atoms with Crippen LogP contribution >= 0.6 is 0 Å². The van der Waals surface area contributed by atoms with Crippen molar-refractivity contribution in [2.45, 2.75) is 31.6 Å². The number of halogens is 2. The van der Waals surface area contributed by atoms with Gasteiger partial charge in [0, 0.05) is 23.9 Å². The number of hydrogen-bond donors (Lipinski definition) is 1. The van der Waals surface area contributed by atoms with Crippen LogP contribution in [-0.4, -0.2) is 17.7 Å². The summed E-state index contributed by atoms with van der Waals surface area (Å²) in [4.78, 5) is 27.3. The zero-order chi connectivity index (χ0) is 23.4. The minimum atomic E-state index is -1.12. The summed E-state index contributed by atoms with van der Waals surface area (Å²) in [6, 6.07) is 10.7. The highest BCUT2D eigenvalue weighted by Gasteiger charge is 2.28. The third-order valence-electron chi connectivity index (χ3n) is 7.00. The predicted molar refractivity (Wildman–Crippen MR) is 128 cm³/mol. The van der Waals surface area contributed by atoms with Crippen molar-refractivity contribution >= 4 is 27.5 Å². The van der Waals surface area contributed by atoms with Crippen molar-refractivity contribution in [3.8, 4) is 5.69 Å². The summed E-state index contributed by atoms with van der Waals surface area (Å²) in [5.41, 5.74) is 1.73. The molecule has 1 aliphatic carbocycles. The summed E-state index contributed by atoms with van der Waals surface area (Å²) >= 11 is 0. The summed E-state index contributed by atoms with van der Waals surface area (Å²) < 4.78 is 36.3. The smallest absolute Gasteiger partial charge is 0.270 e. The van der Waals surface area contributed by atoms with Crippen LogP contribution in [0.25, 0.3) is 33.2 Å². The summed E-state index contributed by atoms with van der Waals surface area (Å²) in [5.74, 6) is -2.16. The van der Waals surface area contributed by atoms with Gasteiger partial charge in [0.15, 0.2) is 11.6 Å². The predicted octanol–water partition coefficient (Wildman–Crippen LogP) is 5.02. The van der Waals surface area contributed by atoms with E-state index >= 15 is 0 Å². The first kappa shape index (κ1) is 21.0. The van der Waals surface area contributed by atoms with E-state index in [2.05, 4.69) is 11.4 Å². The lowest BCUT2D eigenvalue weighted by atomic mass is 9.82. The van der Waals surface area contributed by atoms with Crippen molar-refractivity contribution in [3.05, 3.63) is 92.0 Å². The van der Waals surface area contributed by atoms with Crippen molar-refractivity contribution in [2.24, 2.45) is 0 Å². The molecule has 6 rings (SSSR count). The molecule has 34 heavy (non-hydrogen) atoms. The van der Waals surface area contributed by atoms with E-state index in [-0.39, 0.29) is 22.6 Å². The summed E-state index contributed by atoms with van der Waals surface area (Å²) in [6.45, 7) is 1.56. The quantitative estimate of drug-likeness (QED) is 0.436. The molecular weight excluding hydrogens is 438 g/mol. The molecular formula is C27H22F2N2O3. The fraction of sp³-hybridized carbons (Fsp3) is 0.259. The molecule has 0 bridgehead atoms. The molecule has 5 nitrogen and oxygen atoms in total. The lowest BCUT2D eigenvalue weighted by molar-refractivity contribution is 0.402. The lowest BCUT2D eigenvalue weighted by Crippen LogP contribution is -2.29. The molecule has 2 aromatic heterocycles. The van der Waals surface area contributed by atoms with Crippen LogP contribution in [-0.2, 0) is 0 Å². The van der Waals surface area contributed by atoms with Crippen molar-refractivity contribution in [3.63, 3.8) is 0 Å². The summed E-state index contributed by atoms with van der Waals surface area (Å²) in [7, 11) is 0. The van der Waals surface area contributed by atoms with Crippen LogP contribution in [0.5, 0.6) is 0 Å². The fourth-order valence-corrected chi connectivity index (χ4v) is 5.00. The molecule has 1 aliphatic heterocycles. The maximum Gasteiger partial charge on any atom is 0.270 e. The molecule has 0 radical (unpaired) electrons. The molecule has 1 saturated carbocycles. The highest BCUT2D eigenvalue weighted by Crippen LogP contribution is 2.38. The Labute approximate surface area is 193 Å². The second-order valence-electron chi connectivity index (χ2n) is 8.95. The minimum Gasteiger partial charge on any atom is -0.455 e. The Balaban J connectivity index is 1.70. The third-order valence-corrected chi connectivity index (χ3v) is 7.00. The maximum absolute atomic E-state index is 14.8. The number of para-hydroxylation sites is 1. The zero-order valence-electron chi connectivity index (χ0n) is 18.4. The molecule has 0 saturated heterocycles. The number of rotatable bonds is 3. The van der Waals surface area contributed by atoms with Crippen molar-refractivity contribution in [1.29, 1.82) is 0 Å². The number of hydrogen-bond acceptors (Lipinski definition) is 4. The average Bonchev–Trinajstić information content (AvgIpc) is 2.81. The molecule has 0 spiro atoms. The van der Waals surface area contributed by atoms with Crippen LogP contribution in [0.3, 0.4) is 0 Å². The first-order valence-corrected chi connectivity index (χ1v) is 11.5. The molecule has 0 unspecified atom stereocenters. The number of aromatic nitrogens is 1. The van der Waals surface area contributed by atoms with E-state index in [0.717, 1.165) is 60.5 Å². The topological polar surface area (TPSA) is 64.2 Å². The van der Waals surface area contributed by atoms with E-state index in [1.807, 2.05) is 6.07 Å². The Bertz CT molecular complexity index is 1610. The zero-order valence-corrected chi connectivity index (χ0v) is 18.4. The third kappa shape index (κ3) is 3.15. The Morgan fingerprint density at radius 1 is 1.06 bits per heavy atom. The van der Waals surface area contributed by atoms with Gasteiger partial charge in [-0.05, 0) is 55.5 Å². The number of pyridine rings is 1. The average molecular weight is 460 g/mol. The molecule has 4 aromatic rings. The van der Waals surface area contributed by atoms with Gasteiger partial charge >= 0.3 is 0 Å². The normalized spacial score (nSPS) is 16.6. The van der Waals surface area contributed by atoms with Gasteiger partial charge in [0.1, 0.15) is 16.6 Å². The molecule has 2 aromatic carbocycles. The Kier molecular flexibility index (Phi) is 4.95. The molecule has 3 heterocycles. The Morgan fingerprint density at radius 3 is 2.62 bits per heavy atom. The standard InChI is InChI=1S/C27H22F2N2O3/c28-19-8-3-9-20(24(19)29)31-21(16-4-1-5-16)14-22-23(27(31)33)25(32)18-7-2-6-17(26(18)34-22)15-10-12-30-13-11-15/h2-3,6-10,14,16,30H,1,4-5,11-13H2. The maximum atomic E-state index is 14.8. The number of fused-ring (bicyclic) bond motifs is 2. The second kappa shape index (κ2) is 8.02. The van der Waals surface area contributed by atoms with E-state index in [1.54, 1.807) is 18.2 Å².